The van der Waals surface area contributed by atoms with Crippen molar-refractivity contribution in [1.82, 2.24) is 0 Å². The molecule has 0 bridgehead atoms. The van der Waals surface area contributed by atoms with Crippen molar-refractivity contribution in [2.24, 2.45) is 0 Å². The van der Waals surface area contributed by atoms with Gasteiger partial charge < -0.3 is 5.11 Å². The van der Waals surface area contributed by atoms with Gasteiger partial charge in [-0.1, -0.05) is 96.5 Å². The van der Waals surface area contributed by atoms with Crippen LogP contribution < -0.4 is 0 Å². The highest BCUT2D eigenvalue weighted by Crippen LogP contribution is 2.22. The molecular formula is C22H42O2. The molecule has 0 aromatic rings. The average molecular weight is 339 g/mol. The Bertz CT molecular complexity index is 331. The normalized spacial score (nSPS) is 12.3. The molecule has 0 heterocycles. The minimum Gasteiger partial charge on any atom is -0.478 e. The topological polar surface area (TPSA) is 37.3 Å². The van der Waals surface area contributed by atoms with Gasteiger partial charge in [-0.25, -0.2) is 4.79 Å². The highest BCUT2D eigenvalue weighted by Gasteiger charge is 2.09. The first-order valence-electron chi connectivity index (χ1n) is 10.5. The molecule has 2 heteroatoms. The average Bonchev–Trinajstić information content (AvgIpc) is 2.57. The van der Waals surface area contributed by atoms with Crippen LogP contribution >= 0.6 is 0 Å². The third-order valence-electron chi connectivity index (χ3n) is 5.02. The van der Waals surface area contributed by atoms with E-state index in [4.69, 9.17) is 0 Å². The van der Waals surface area contributed by atoms with Crippen LogP contribution in [0.1, 0.15) is 124 Å². The van der Waals surface area contributed by atoms with Crippen LogP contribution in [0.15, 0.2) is 11.1 Å². The number of carbonyl (C=O) groups is 1. The number of rotatable bonds is 17. The van der Waals surface area contributed by atoms with Crippen LogP contribution in [-0.4, -0.2) is 11.1 Å². The predicted molar refractivity (Wildman–Crippen MR) is 106 cm³/mol. The zero-order chi connectivity index (χ0) is 18.0. The van der Waals surface area contributed by atoms with Gasteiger partial charge in [0.2, 0.25) is 0 Å². The van der Waals surface area contributed by atoms with Gasteiger partial charge in [0.05, 0.1) is 0 Å². The van der Waals surface area contributed by atoms with E-state index < -0.39 is 5.97 Å². The first kappa shape index (κ1) is 23.2. The van der Waals surface area contributed by atoms with Crippen molar-refractivity contribution >= 4 is 5.97 Å². The van der Waals surface area contributed by atoms with E-state index in [-0.39, 0.29) is 0 Å². The van der Waals surface area contributed by atoms with Crippen LogP contribution in [0.4, 0.5) is 0 Å². The summed E-state index contributed by atoms with van der Waals surface area (Å²) in [6.07, 6.45) is 20.1. The third kappa shape index (κ3) is 13.6. The molecule has 0 unspecified atom stereocenters. The van der Waals surface area contributed by atoms with Crippen LogP contribution in [0.25, 0.3) is 0 Å². The molecule has 0 fully saturated rings. The van der Waals surface area contributed by atoms with E-state index in [1.54, 1.807) is 6.92 Å². The Labute approximate surface area is 151 Å². The SMILES string of the molecule is CCCCCCCCCC/C(CCCCCCCC)=C(\C)C(=O)O. The molecule has 0 aromatic carbocycles. The second-order valence-corrected chi connectivity index (χ2v) is 7.28. The van der Waals surface area contributed by atoms with Crippen molar-refractivity contribution in [2.75, 3.05) is 0 Å². The van der Waals surface area contributed by atoms with E-state index in [2.05, 4.69) is 13.8 Å². The lowest BCUT2D eigenvalue weighted by molar-refractivity contribution is -0.132. The Balaban J connectivity index is 3.94. The van der Waals surface area contributed by atoms with Gasteiger partial charge in [-0.05, 0) is 32.6 Å². The summed E-state index contributed by atoms with van der Waals surface area (Å²) in [6, 6.07) is 0. The molecule has 0 aliphatic carbocycles. The van der Waals surface area contributed by atoms with Crippen LogP contribution in [-0.2, 0) is 4.79 Å². The molecule has 0 aromatic heterocycles. The fourth-order valence-corrected chi connectivity index (χ4v) is 3.24. The van der Waals surface area contributed by atoms with E-state index in [1.807, 2.05) is 0 Å². The molecular weight excluding hydrogens is 296 g/mol. The van der Waals surface area contributed by atoms with Crippen LogP contribution in [0.5, 0.6) is 0 Å². The minimum absolute atomic E-state index is 0.603. The van der Waals surface area contributed by atoms with Gasteiger partial charge in [-0.2, -0.15) is 0 Å². The highest BCUT2D eigenvalue weighted by atomic mass is 16.4. The predicted octanol–water partition coefficient (Wildman–Crippen LogP) is 7.67. The number of carboxylic acid groups (broad SMARTS) is 1. The van der Waals surface area contributed by atoms with Gasteiger partial charge in [0.15, 0.2) is 0 Å². The molecule has 0 radical (unpaired) electrons. The van der Waals surface area contributed by atoms with Crippen molar-refractivity contribution in [3.63, 3.8) is 0 Å². The Morgan fingerprint density at radius 1 is 0.625 bits per heavy atom. The molecule has 0 saturated carbocycles. The second kappa shape index (κ2) is 17.0. The van der Waals surface area contributed by atoms with Crippen molar-refractivity contribution in [1.29, 1.82) is 0 Å². The molecule has 0 spiro atoms. The Morgan fingerprint density at radius 3 is 1.29 bits per heavy atom. The van der Waals surface area contributed by atoms with E-state index in [9.17, 15) is 9.90 Å². The molecule has 2 nitrogen and oxygen atoms in total. The highest BCUT2D eigenvalue weighted by molar-refractivity contribution is 5.86. The summed E-state index contributed by atoms with van der Waals surface area (Å²) in [5.74, 6) is -0.726. The van der Waals surface area contributed by atoms with Crippen molar-refractivity contribution < 1.29 is 9.90 Å². The van der Waals surface area contributed by atoms with Crippen molar-refractivity contribution in [2.45, 2.75) is 124 Å². The number of hydrogen-bond acceptors (Lipinski definition) is 1. The Kier molecular flexibility index (Phi) is 16.5. The summed E-state index contributed by atoms with van der Waals surface area (Å²) < 4.78 is 0. The van der Waals surface area contributed by atoms with Gasteiger partial charge in [0.1, 0.15) is 0 Å². The molecule has 0 atom stereocenters. The van der Waals surface area contributed by atoms with E-state index in [1.165, 1.54) is 82.6 Å². The van der Waals surface area contributed by atoms with Gasteiger partial charge >= 0.3 is 5.97 Å². The van der Waals surface area contributed by atoms with Gasteiger partial charge in [-0.15, -0.1) is 0 Å². The summed E-state index contributed by atoms with van der Waals surface area (Å²) in [6.45, 7) is 6.28. The maximum atomic E-state index is 11.3. The Hall–Kier alpha value is -0.790. The van der Waals surface area contributed by atoms with Gasteiger partial charge in [0, 0.05) is 5.57 Å². The second-order valence-electron chi connectivity index (χ2n) is 7.28. The largest absolute Gasteiger partial charge is 0.478 e. The summed E-state index contributed by atoms with van der Waals surface area (Å²) in [5.41, 5.74) is 1.80. The number of unbranched alkanes of at least 4 members (excludes halogenated alkanes) is 12. The number of hydrogen-bond donors (Lipinski definition) is 1. The quantitative estimate of drug-likeness (QED) is 0.218. The van der Waals surface area contributed by atoms with E-state index >= 15 is 0 Å². The van der Waals surface area contributed by atoms with Crippen LogP contribution in [0.3, 0.4) is 0 Å². The molecule has 0 aliphatic rings. The number of allylic oxidation sites excluding steroid dienone is 1. The molecule has 24 heavy (non-hydrogen) atoms. The first-order chi connectivity index (χ1) is 11.6. The molecule has 0 rings (SSSR count). The van der Waals surface area contributed by atoms with Gasteiger partial charge in [-0.3, -0.25) is 0 Å². The monoisotopic (exact) mass is 338 g/mol. The maximum Gasteiger partial charge on any atom is 0.331 e. The Morgan fingerprint density at radius 2 is 0.958 bits per heavy atom. The van der Waals surface area contributed by atoms with E-state index in [0.717, 1.165) is 25.7 Å². The molecule has 0 amide bonds. The number of aliphatic carboxylic acids is 1. The number of carboxylic acids is 1. The molecule has 0 aliphatic heterocycles. The van der Waals surface area contributed by atoms with Crippen LogP contribution in [0.2, 0.25) is 0 Å². The third-order valence-corrected chi connectivity index (χ3v) is 5.02. The zero-order valence-corrected chi connectivity index (χ0v) is 16.7. The van der Waals surface area contributed by atoms with Crippen molar-refractivity contribution in [3.8, 4) is 0 Å². The van der Waals surface area contributed by atoms with E-state index in [0.29, 0.717) is 5.57 Å². The van der Waals surface area contributed by atoms with Crippen molar-refractivity contribution in [3.05, 3.63) is 11.1 Å². The molecule has 142 valence electrons. The lowest BCUT2D eigenvalue weighted by atomic mass is 9.95. The lowest BCUT2D eigenvalue weighted by Gasteiger charge is -2.10. The first-order valence-corrected chi connectivity index (χ1v) is 10.5. The lowest BCUT2D eigenvalue weighted by Crippen LogP contribution is -2.02. The standard InChI is InChI=1S/C22H42O2/c1-4-6-8-10-12-13-15-17-19-21(20(3)22(23)24)18-16-14-11-9-7-5-2/h4-19H2,1-3H3,(H,23,24)/b21-20+. The summed E-state index contributed by atoms with van der Waals surface area (Å²) in [5, 5.41) is 9.29. The smallest absolute Gasteiger partial charge is 0.331 e. The minimum atomic E-state index is -0.726. The summed E-state index contributed by atoms with van der Waals surface area (Å²) in [7, 11) is 0. The summed E-state index contributed by atoms with van der Waals surface area (Å²) >= 11 is 0. The summed E-state index contributed by atoms with van der Waals surface area (Å²) in [4.78, 5) is 11.3. The fourth-order valence-electron chi connectivity index (χ4n) is 3.24. The van der Waals surface area contributed by atoms with Crippen LogP contribution in [0, 0.1) is 0 Å². The fraction of sp³-hybridized carbons (Fsp3) is 0.864. The molecule has 0 saturated heterocycles. The zero-order valence-electron chi connectivity index (χ0n) is 16.7. The molecule has 1 N–H and O–H groups in total. The van der Waals surface area contributed by atoms with Gasteiger partial charge in [0.25, 0.3) is 0 Å². The maximum absolute atomic E-state index is 11.3.